The van der Waals surface area contributed by atoms with Gasteiger partial charge in [0, 0.05) is 65.5 Å². The Bertz CT molecular complexity index is 710. The minimum Gasteiger partial charge on any atom is -0.691 e. The lowest BCUT2D eigenvalue weighted by Crippen LogP contribution is -2.30. The van der Waals surface area contributed by atoms with Gasteiger partial charge in [-0.2, -0.15) is 13.2 Å². The third-order valence-electron chi connectivity index (χ3n) is 5.38. The number of hydrogen-bond donors (Lipinski definition) is 1. The molecule has 1 unspecified atom stereocenters. The van der Waals surface area contributed by atoms with Gasteiger partial charge in [0.2, 0.25) is 5.69 Å². The summed E-state index contributed by atoms with van der Waals surface area (Å²) in [5.41, 5.74) is 3.36. The number of benzene rings is 1. The highest BCUT2D eigenvalue weighted by atomic mass is 32.2. The van der Waals surface area contributed by atoms with E-state index in [1.807, 2.05) is 18.2 Å². The van der Waals surface area contributed by atoms with Crippen molar-refractivity contribution < 1.29 is 48.5 Å². The Kier molecular flexibility index (Phi) is 12.7. The predicted molar refractivity (Wildman–Crippen MR) is 112 cm³/mol. The van der Waals surface area contributed by atoms with Crippen LogP contribution in [0, 0.1) is 0 Å². The molecule has 2 rings (SSSR count). The molecule has 0 radical (unpaired) electrons. The lowest BCUT2D eigenvalue weighted by molar-refractivity contribution is -0.777. The molecule has 176 valence electrons. The Labute approximate surface area is 194 Å². The van der Waals surface area contributed by atoms with Crippen LogP contribution in [0.1, 0.15) is 51.5 Å². The zero-order valence-corrected chi connectivity index (χ0v) is 19.7. The van der Waals surface area contributed by atoms with Gasteiger partial charge in [0.1, 0.15) is 6.54 Å². The molecule has 10 nitrogen and oxygen atoms in total. The maximum atomic E-state index is 10.2. The average molecular weight is 497 g/mol. The van der Waals surface area contributed by atoms with E-state index >= 15 is 0 Å². The average Bonchev–Trinajstić information content (AvgIpc) is 2.98. The van der Waals surface area contributed by atoms with Crippen molar-refractivity contribution in [3.05, 3.63) is 23.8 Å². The normalized spacial score (nSPS) is 18.1. The molecule has 0 saturated carbocycles. The van der Waals surface area contributed by atoms with Crippen molar-refractivity contribution in [1.82, 2.24) is 0 Å². The van der Waals surface area contributed by atoms with Crippen LogP contribution in [-0.4, -0.2) is 33.6 Å². The minimum absolute atomic E-state index is 0.187. The molecular weight excluding hydrogens is 470 g/mol. The van der Waals surface area contributed by atoms with Crippen LogP contribution in [0.15, 0.2) is 23.1 Å². The summed E-state index contributed by atoms with van der Waals surface area (Å²) >= 11 is 2.94. The van der Waals surface area contributed by atoms with Gasteiger partial charge in [0.25, 0.3) is 0 Å². The third kappa shape index (κ3) is 7.84. The lowest BCUT2D eigenvalue weighted by atomic mass is 9.76. The Morgan fingerprint density at radius 2 is 1.71 bits per heavy atom. The monoisotopic (exact) mass is 496 g/mol. The van der Waals surface area contributed by atoms with E-state index in [9.17, 15) is 10.5 Å². The fourth-order valence-corrected chi connectivity index (χ4v) is 5.01. The maximum absolute atomic E-state index is 10.2. The summed E-state index contributed by atoms with van der Waals surface area (Å²) in [6, 6.07) is 5.97. The van der Waals surface area contributed by atoms with Crippen LogP contribution in [-0.2, 0) is 33.5 Å². The zero-order valence-electron chi connectivity index (χ0n) is 17.3. The van der Waals surface area contributed by atoms with Crippen molar-refractivity contribution in [3.63, 3.8) is 0 Å². The van der Waals surface area contributed by atoms with E-state index in [1.165, 1.54) is 11.3 Å². The minimum atomic E-state index is -0.187. The second kappa shape index (κ2) is 14.7. The molecule has 0 spiro atoms. The van der Waals surface area contributed by atoms with Crippen molar-refractivity contribution in [1.29, 1.82) is 0 Å². The van der Waals surface area contributed by atoms with Gasteiger partial charge in [0.05, 0.1) is 17.5 Å². The van der Waals surface area contributed by atoms with Crippen LogP contribution in [0.3, 0.4) is 0 Å². The lowest BCUT2D eigenvalue weighted by Gasteiger charge is -2.22. The Hall–Kier alpha value is -0.420. The van der Waals surface area contributed by atoms with Crippen LogP contribution >= 0.6 is 36.1 Å². The summed E-state index contributed by atoms with van der Waals surface area (Å²) in [5, 5.41) is 38.7. The van der Waals surface area contributed by atoms with Crippen LogP contribution in [0.5, 0.6) is 0 Å². The molecule has 1 aromatic carbocycles. The summed E-state index contributed by atoms with van der Waals surface area (Å²) in [7, 11) is 0. The molecule has 1 aromatic rings. The Morgan fingerprint density at radius 3 is 2.42 bits per heavy atom. The third-order valence-corrected chi connectivity index (χ3v) is 7.17. The number of fused-ring (bicyclic) bond motifs is 1. The SMILES string of the molecule is CC1=[N+](CCCCSOOO)c2ccc(SOO[O-])cc2C1(C)CCCCSOO[O-]. The highest BCUT2D eigenvalue weighted by Crippen LogP contribution is 2.44. The topological polar surface area (TPSA) is 125 Å². The number of rotatable bonds is 17. The molecule has 0 saturated heterocycles. The van der Waals surface area contributed by atoms with Crippen LogP contribution in [0.25, 0.3) is 0 Å². The highest BCUT2D eigenvalue weighted by Gasteiger charge is 2.45. The van der Waals surface area contributed by atoms with Gasteiger partial charge in [-0.05, 0) is 38.3 Å². The van der Waals surface area contributed by atoms with E-state index in [0.717, 1.165) is 85.4 Å². The van der Waals surface area contributed by atoms with Crippen molar-refractivity contribution >= 4 is 47.5 Å². The summed E-state index contributed by atoms with van der Waals surface area (Å²) in [6.07, 6.45) is 4.54. The van der Waals surface area contributed by atoms with E-state index in [1.54, 1.807) is 0 Å². The summed E-state index contributed by atoms with van der Waals surface area (Å²) in [5.74, 6) is 1.36. The highest BCUT2D eigenvalue weighted by molar-refractivity contribution is 7.94. The number of hydrogen-bond acceptors (Lipinski definition) is 12. The predicted octanol–water partition coefficient (Wildman–Crippen LogP) is 3.19. The first-order valence-electron chi connectivity index (χ1n) is 9.65. The van der Waals surface area contributed by atoms with E-state index < -0.39 is 0 Å². The molecule has 1 aliphatic rings. The maximum Gasteiger partial charge on any atom is 0.209 e. The molecule has 1 N–H and O–H groups in total. The van der Waals surface area contributed by atoms with E-state index in [0.29, 0.717) is 11.5 Å². The van der Waals surface area contributed by atoms with Crippen LogP contribution in [0.2, 0.25) is 0 Å². The van der Waals surface area contributed by atoms with Crippen LogP contribution in [0.4, 0.5) is 5.69 Å². The summed E-state index contributed by atoms with van der Waals surface area (Å²) in [6.45, 7) is 5.20. The molecule has 0 fully saturated rings. The van der Waals surface area contributed by atoms with Gasteiger partial charge < -0.3 is 10.5 Å². The van der Waals surface area contributed by atoms with Crippen molar-refractivity contribution in [2.24, 2.45) is 0 Å². The van der Waals surface area contributed by atoms with E-state index in [4.69, 9.17) is 5.26 Å². The fraction of sp³-hybridized carbons (Fsp3) is 0.611. The summed E-state index contributed by atoms with van der Waals surface area (Å²) < 4.78 is 15.5. The second-order valence-corrected chi connectivity index (χ2v) is 9.39. The number of unbranched alkanes of at least 4 members (excludes halogenated alkanes) is 2. The standard InChI is InChI=1S/C18H27NO9S3/c1-14-18(2,9-3-5-11-29-26-23-20)16-13-15(31-28-25-22)7-8-17(16)19(14)10-4-6-12-30-27-24-21/h7-8,13H,3-6,9-12H2,1-2H3,(H2-,20,21,22)/p-1. The molecule has 0 aromatic heterocycles. The zero-order chi connectivity index (χ0) is 22.5. The van der Waals surface area contributed by atoms with Crippen molar-refractivity contribution in [3.8, 4) is 0 Å². The Morgan fingerprint density at radius 1 is 1.00 bits per heavy atom. The summed E-state index contributed by atoms with van der Waals surface area (Å²) in [4.78, 5) is 0.782. The molecule has 0 amide bonds. The molecule has 13 heteroatoms. The second-order valence-electron chi connectivity index (χ2n) is 7.05. The van der Waals surface area contributed by atoms with Gasteiger partial charge in [-0.15, -0.1) is 4.33 Å². The fourth-order valence-electron chi connectivity index (χ4n) is 3.75. The first-order chi connectivity index (χ1) is 15.1. The molecular formula is C18H26NO9S3-. The van der Waals surface area contributed by atoms with Crippen molar-refractivity contribution in [2.45, 2.75) is 56.3 Å². The number of nitrogens with zero attached hydrogens (tertiary/aromatic N) is 1. The molecule has 0 aliphatic carbocycles. The van der Waals surface area contributed by atoms with Gasteiger partial charge in [0.15, 0.2) is 5.71 Å². The molecule has 1 aliphatic heterocycles. The van der Waals surface area contributed by atoms with Gasteiger partial charge in [-0.3, -0.25) is 10.1 Å². The van der Waals surface area contributed by atoms with E-state index in [2.05, 4.69) is 46.5 Å². The molecule has 31 heavy (non-hydrogen) atoms. The quantitative estimate of drug-likeness (QED) is 0.112. The van der Waals surface area contributed by atoms with Gasteiger partial charge in [-0.25, -0.2) is 5.26 Å². The van der Waals surface area contributed by atoms with Crippen molar-refractivity contribution in [2.75, 3.05) is 18.1 Å². The first-order valence-corrected chi connectivity index (χ1v) is 12.2. The molecule has 1 heterocycles. The van der Waals surface area contributed by atoms with Gasteiger partial charge in [-0.1, -0.05) is 11.5 Å². The largest absolute Gasteiger partial charge is 0.691 e. The molecule has 0 bridgehead atoms. The van der Waals surface area contributed by atoms with E-state index in [-0.39, 0.29) is 5.41 Å². The smallest absolute Gasteiger partial charge is 0.209 e. The van der Waals surface area contributed by atoms with Crippen LogP contribution < -0.4 is 10.5 Å². The van der Waals surface area contributed by atoms with Gasteiger partial charge >= 0.3 is 0 Å². The Balaban J connectivity index is 2.10. The molecule has 1 atom stereocenters. The first kappa shape index (κ1) is 26.8.